The third-order valence-electron chi connectivity index (χ3n) is 3.42. The first-order valence-corrected chi connectivity index (χ1v) is 6.59. The summed E-state index contributed by atoms with van der Waals surface area (Å²) in [5.74, 6) is -3.01. The van der Waals surface area contributed by atoms with Crippen molar-refractivity contribution >= 4 is 23.6 Å². The number of esters is 1. The Morgan fingerprint density at radius 3 is 2.50 bits per heavy atom. The Morgan fingerprint density at radius 1 is 1.41 bits per heavy atom. The number of rotatable bonds is 3. The van der Waals surface area contributed by atoms with Crippen LogP contribution in [0.4, 0.5) is 13.6 Å². The molecule has 2 rings (SSSR count). The minimum absolute atomic E-state index is 0.340. The molecule has 22 heavy (non-hydrogen) atoms. The van der Waals surface area contributed by atoms with E-state index >= 15 is 0 Å². The number of carbonyl (C=O) groups is 2. The zero-order valence-corrected chi connectivity index (χ0v) is 12.1. The number of amides is 2. The van der Waals surface area contributed by atoms with Crippen LogP contribution in [-0.4, -0.2) is 35.3 Å². The maximum absolute atomic E-state index is 13.7. The number of methoxy groups -OCH3 is 1. The Kier molecular flexibility index (Phi) is 4.25. The van der Waals surface area contributed by atoms with Crippen LogP contribution in [0.2, 0.25) is 0 Å². The Labute approximate surface area is 129 Å². The number of aliphatic hydroxyl groups is 1. The molecule has 6 nitrogen and oxygen atoms in total. The predicted octanol–water partition coefficient (Wildman–Crippen LogP) is 1.35. The molecule has 0 bridgehead atoms. The molecule has 1 fully saturated rings. The molecule has 1 aliphatic rings. The Bertz CT molecular complexity index is 581. The van der Waals surface area contributed by atoms with E-state index in [9.17, 15) is 23.5 Å². The van der Waals surface area contributed by atoms with Gasteiger partial charge in [0.05, 0.1) is 13.2 Å². The first-order chi connectivity index (χ1) is 10.2. The fraction of sp³-hybridized carbons (Fsp3) is 0.385. The normalized spacial score (nSPS) is 28.5. The maximum Gasteiger partial charge on any atom is 0.369 e. The Hall–Kier alpha value is -1.93. The van der Waals surface area contributed by atoms with E-state index in [2.05, 4.69) is 10.1 Å². The molecule has 1 saturated heterocycles. The summed E-state index contributed by atoms with van der Waals surface area (Å²) in [7, 11) is 0.980. The number of benzene rings is 1. The lowest BCUT2D eigenvalue weighted by Gasteiger charge is -2.45. The molecule has 9 heteroatoms. The van der Waals surface area contributed by atoms with E-state index in [0.717, 1.165) is 7.11 Å². The van der Waals surface area contributed by atoms with Gasteiger partial charge < -0.3 is 20.5 Å². The molecule has 0 aliphatic carbocycles. The average Bonchev–Trinajstić information content (AvgIpc) is 2.45. The lowest BCUT2D eigenvalue weighted by atomic mass is 9.82. The quantitative estimate of drug-likeness (QED) is 0.575. The smallest absolute Gasteiger partial charge is 0.369 e. The van der Waals surface area contributed by atoms with Crippen LogP contribution in [-0.2, 0) is 9.53 Å². The van der Waals surface area contributed by atoms with Crippen LogP contribution in [0.1, 0.15) is 11.6 Å². The van der Waals surface area contributed by atoms with Gasteiger partial charge in [0.2, 0.25) is 5.72 Å². The fourth-order valence-corrected chi connectivity index (χ4v) is 2.53. The van der Waals surface area contributed by atoms with Crippen LogP contribution < -0.4 is 10.6 Å². The molecular weight excluding hydrogens is 322 g/mol. The highest BCUT2D eigenvalue weighted by Gasteiger charge is 2.65. The highest BCUT2D eigenvalue weighted by atomic mass is 35.5. The standard InChI is InChI=1S/C13H13ClF2N2O4/c1-22-10(19)8-9(7-5-3-2-4-6-7)17-11(20)18-12(8,21)13(14,15)16/h2-6,8-9,21H,1H3,(H2,17,18,20)/t8-,9+,12-/m1/s1. The van der Waals surface area contributed by atoms with Crippen molar-refractivity contribution in [2.75, 3.05) is 7.11 Å². The zero-order chi connectivity index (χ0) is 16.5. The van der Waals surface area contributed by atoms with Crippen LogP contribution in [0.3, 0.4) is 0 Å². The SMILES string of the molecule is COC(=O)[C@H]1[C@H](c2ccccc2)NC(=O)N[C@]1(O)C(F)(F)Cl. The summed E-state index contributed by atoms with van der Waals surface area (Å²) in [4.78, 5) is 23.6. The topological polar surface area (TPSA) is 87.7 Å². The molecule has 2 amide bonds. The van der Waals surface area contributed by atoms with Crippen molar-refractivity contribution in [3.05, 3.63) is 35.9 Å². The van der Waals surface area contributed by atoms with Gasteiger partial charge >= 0.3 is 17.4 Å². The molecule has 120 valence electrons. The van der Waals surface area contributed by atoms with E-state index in [0.29, 0.717) is 5.56 Å². The molecule has 0 radical (unpaired) electrons. The largest absolute Gasteiger partial charge is 0.469 e. The second-order valence-corrected chi connectivity index (χ2v) is 5.23. The summed E-state index contributed by atoms with van der Waals surface area (Å²) >= 11 is 4.93. The van der Waals surface area contributed by atoms with Crippen LogP contribution in [0.5, 0.6) is 0 Å². The van der Waals surface area contributed by atoms with E-state index in [1.807, 2.05) is 0 Å². The summed E-state index contributed by atoms with van der Waals surface area (Å²) < 4.78 is 31.8. The van der Waals surface area contributed by atoms with Crippen LogP contribution in [0.15, 0.2) is 30.3 Å². The summed E-state index contributed by atoms with van der Waals surface area (Å²) in [5.41, 5.74) is -2.96. The molecule has 1 aromatic rings. The van der Waals surface area contributed by atoms with Crippen molar-refractivity contribution < 1.29 is 28.2 Å². The van der Waals surface area contributed by atoms with Crippen molar-refractivity contribution in [3.8, 4) is 0 Å². The van der Waals surface area contributed by atoms with Gasteiger partial charge in [0, 0.05) is 0 Å². The van der Waals surface area contributed by atoms with Crippen molar-refractivity contribution in [1.29, 1.82) is 0 Å². The van der Waals surface area contributed by atoms with Gasteiger partial charge in [-0.3, -0.25) is 4.79 Å². The average molecular weight is 335 g/mol. The molecule has 1 heterocycles. The monoisotopic (exact) mass is 334 g/mol. The maximum atomic E-state index is 13.7. The highest BCUT2D eigenvalue weighted by Crippen LogP contribution is 2.44. The molecule has 0 aromatic heterocycles. The number of nitrogens with one attached hydrogen (secondary N) is 2. The minimum Gasteiger partial charge on any atom is -0.469 e. The van der Waals surface area contributed by atoms with E-state index in [1.54, 1.807) is 23.5 Å². The lowest BCUT2D eigenvalue weighted by molar-refractivity contribution is -0.201. The molecule has 3 atom stereocenters. The third kappa shape index (κ3) is 2.71. The number of halogens is 3. The number of hydrogen-bond donors (Lipinski definition) is 3. The first kappa shape index (κ1) is 16.4. The molecule has 0 unspecified atom stereocenters. The highest BCUT2D eigenvalue weighted by molar-refractivity contribution is 6.22. The fourth-order valence-electron chi connectivity index (χ4n) is 2.37. The zero-order valence-electron chi connectivity index (χ0n) is 11.3. The summed E-state index contributed by atoms with van der Waals surface area (Å²) in [6.07, 6.45) is 0. The summed E-state index contributed by atoms with van der Waals surface area (Å²) in [6, 6.07) is 5.56. The summed E-state index contributed by atoms with van der Waals surface area (Å²) in [6.45, 7) is 0. The van der Waals surface area contributed by atoms with E-state index in [4.69, 9.17) is 11.6 Å². The molecular formula is C13H13ClF2N2O4. The van der Waals surface area contributed by atoms with E-state index < -0.39 is 35.1 Å². The first-order valence-electron chi connectivity index (χ1n) is 6.21. The van der Waals surface area contributed by atoms with Gasteiger partial charge in [0.1, 0.15) is 5.92 Å². The van der Waals surface area contributed by atoms with Crippen molar-refractivity contribution in [2.45, 2.75) is 17.1 Å². The van der Waals surface area contributed by atoms with Gasteiger partial charge in [0.25, 0.3) is 0 Å². The molecule has 3 N–H and O–H groups in total. The second-order valence-electron chi connectivity index (χ2n) is 4.75. The number of carbonyl (C=O) groups excluding carboxylic acids is 2. The Balaban J connectivity index is 2.56. The molecule has 1 aromatic carbocycles. The van der Waals surface area contributed by atoms with Gasteiger partial charge in [0.15, 0.2) is 0 Å². The summed E-state index contributed by atoms with van der Waals surface area (Å²) in [5, 5.41) is 9.86. The van der Waals surface area contributed by atoms with Gasteiger partial charge in [-0.15, -0.1) is 0 Å². The number of hydrogen-bond acceptors (Lipinski definition) is 4. The van der Waals surface area contributed by atoms with Crippen molar-refractivity contribution in [2.24, 2.45) is 5.92 Å². The van der Waals surface area contributed by atoms with Crippen LogP contribution >= 0.6 is 11.6 Å². The number of urea groups is 1. The molecule has 0 saturated carbocycles. The van der Waals surface area contributed by atoms with Gasteiger partial charge in [-0.25, -0.2) is 4.79 Å². The third-order valence-corrected chi connectivity index (χ3v) is 3.71. The molecule has 0 spiro atoms. The van der Waals surface area contributed by atoms with E-state index in [1.165, 1.54) is 12.1 Å². The number of alkyl halides is 3. The predicted molar refractivity (Wildman–Crippen MR) is 72.1 cm³/mol. The van der Waals surface area contributed by atoms with Gasteiger partial charge in [-0.2, -0.15) is 8.78 Å². The second kappa shape index (κ2) is 5.69. The van der Waals surface area contributed by atoms with Crippen molar-refractivity contribution in [1.82, 2.24) is 10.6 Å². The van der Waals surface area contributed by atoms with Crippen LogP contribution in [0.25, 0.3) is 0 Å². The molecule has 1 aliphatic heterocycles. The van der Waals surface area contributed by atoms with Gasteiger partial charge in [-0.1, -0.05) is 30.3 Å². The number of ether oxygens (including phenoxy) is 1. The lowest BCUT2D eigenvalue weighted by Crippen LogP contribution is -2.72. The Morgan fingerprint density at radius 2 is 2.00 bits per heavy atom. The van der Waals surface area contributed by atoms with E-state index in [-0.39, 0.29) is 0 Å². The van der Waals surface area contributed by atoms with Crippen LogP contribution in [0, 0.1) is 5.92 Å². The van der Waals surface area contributed by atoms with Gasteiger partial charge in [-0.05, 0) is 17.2 Å². The van der Waals surface area contributed by atoms with Crippen molar-refractivity contribution in [3.63, 3.8) is 0 Å². The minimum atomic E-state index is -4.29.